The standard InChI is InChI=1S/C25H21Br2ClN2O2/c1-15-23(16(2)31)24(29-21-11-5-18(26)6-12-21)25(32,17-3-9-20(28)10-4-17)30(15)22-13-7-19(27)8-14-22/h3-14,24,29,32H,1-2H3/t24-,25-/m0/s1. The molecule has 3 aromatic rings. The lowest BCUT2D eigenvalue weighted by Crippen LogP contribution is -2.52. The fourth-order valence-electron chi connectivity index (χ4n) is 4.23. The summed E-state index contributed by atoms with van der Waals surface area (Å²) in [6.45, 7) is 3.39. The van der Waals surface area contributed by atoms with Gasteiger partial charge in [-0.3, -0.25) is 4.79 Å². The fraction of sp³-hybridized carbons (Fsp3) is 0.160. The summed E-state index contributed by atoms with van der Waals surface area (Å²) in [5.41, 5.74) is 1.81. The molecular formula is C25H21Br2ClN2O2. The Hall–Kier alpha value is -2.12. The lowest BCUT2D eigenvalue weighted by molar-refractivity contribution is -0.114. The zero-order valence-electron chi connectivity index (χ0n) is 17.4. The van der Waals surface area contributed by atoms with Gasteiger partial charge in [-0.1, -0.05) is 55.6 Å². The second kappa shape index (κ2) is 9.02. The third-order valence-electron chi connectivity index (χ3n) is 5.65. The highest BCUT2D eigenvalue weighted by atomic mass is 79.9. The summed E-state index contributed by atoms with van der Waals surface area (Å²) in [4.78, 5) is 14.7. The topological polar surface area (TPSA) is 52.6 Å². The predicted octanol–water partition coefficient (Wildman–Crippen LogP) is 6.87. The number of nitrogens with zero attached hydrogens (tertiary/aromatic N) is 1. The van der Waals surface area contributed by atoms with Gasteiger partial charge >= 0.3 is 0 Å². The molecule has 2 atom stereocenters. The van der Waals surface area contributed by atoms with Crippen LogP contribution in [0, 0.1) is 0 Å². The van der Waals surface area contributed by atoms with Crippen molar-refractivity contribution in [3.63, 3.8) is 0 Å². The van der Waals surface area contributed by atoms with Crippen LogP contribution in [0.15, 0.2) is 93.0 Å². The Labute approximate surface area is 209 Å². The van der Waals surface area contributed by atoms with Crippen LogP contribution in [-0.2, 0) is 10.5 Å². The van der Waals surface area contributed by atoms with Gasteiger partial charge in [0.1, 0.15) is 6.04 Å². The summed E-state index contributed by atoms with van der Waals surface area (Å²) >= 11 is 13.1. The highest BCUT2D eigenvalue weighted by Gasteiger charge is 2.54. The number of anilines is 2. The first-order chi connectivity index (χ1) is 15.2. The first-order valence-electron chi connectivity index (χ1n) is 10.00. The van der Waals surface area contributed by atoms with Crippen molar-refractivity contribution < 1.29 is 9.90 Å². The SMILES string of the molecule is CC(=O)C1=C(C)N(c2ccc(Br)cc2)[C@](O)(c2ccc(Cl)cc2)[C@H]1Nc1ccc(Br)cc1. The number of carbonyl (C=O) groups excluding carboxylic acids is 1. The van der Waals surface area contributed by atoms with Crippen LogP contribution in [0.5, 0.6) is 0 Å². The van der Waals surface area contributed by atoms with Crippen molar-refractivity contribution in [3.8, 4) is 0 Å². The predicted molar refractivity (Wildman–Crippen MR) is 137 cm³/mol. The molecule has 0 saturated heterocycles. The summed E-state index contributed by atoms with van der Waals surface area (Å²) in [5, 5.41) is 16.4. The largest absolute Gasteiger partial charge is 0.373 e. The van der Waals surface area contributed by atoms with Gasteiger partial charge < -0.3 is 15.3 Å². The quantitative estimate of drug-likeness (QED) is 0.348. The molecule has 1 heterocycles. The zero-order chi connectivity index (χ0) is 23.0. The number of ketones is 1. The van der Waals surface area contributed by atoms with Crippen LogP contribution in [0.3, 0.4) is 0 Å². The molecule has 0 fully saturated rings. The maximum Gasteiger partial charge on any atom is 0.193 e. The third kappa shape index (κ3) is 4.13. The molecule has 0 aliphatic carbocycles. The molecule has 3 aromatic carbocycles. The number of hydrogen-bond donors (Lipinski definition) is 2. The molecule has 164 valence electrons. The van der Waals surface area contributed by atoms with Crippen molar-refractivity contribution in [1.82, 2.24) is 0 Å². The average Bonchev–Trinajstić information content (AvgIpc) is 2.98. The van der Waals surface area contributed by atoms with Crippen LogP contribution >= 0.6 is 43.5 Å². The summed E-state index contributed by atoms with van der Waals surface area (Å²) in [5.74, 6) is -0.107. The van der Waals surface area contributed by atoms with Crippen LogP contribution < -0.4 is 10.2 Å². The van der Waals surface area contributed by atoms with Crippen molar-refractivity contribution in [2.75, 3.05) is 10.2 Å². The average molecular weight is 577 g/mol. The molecule has 4 nitrogen and oxygen atoms in total. The summed E-state index contributed by atoms with van der Waals surface area (Å²) in [7, 11) is 0. The van der Waals surface area contributed by atoms with Crippen molar-refractivity contribution in [2.45, 2.75) is 25.6 Å². The van der Waals surface area contributed by atoms with Gasteiger partial charge in [-0.2, -0.15) is 0 Å². The van der Waals surface area contributed by atoms with Crippen LogP contribution in [0.2, 0.25) is 5.02 Å². The second-order valence-corrected chi connectivity index (χ2v) is 9.95. The molecule has 32 heavy (non-hydrogen) atoms. The summed E-state index contributed by atoms with van der Waals surface area (Å²) in [6, 6.07) is 21.6. The Morgan fingerprint density at radius 1 is 0.969 bits per heavy atom. The molecule has 1 aliphatic rings. The smallest absolute Gasteiger partial charge is 0.193 e. The van der Waals surface area contributed by atoms with E-state index in [9.17, 15) is 9.90 Å². The lowest BCUT2D eigenvalue weighted by Gasteiger charge is -2.41. The highest BCUT2D eigenvalue weighted by Crippen LogP contribution is 2.47. The number of allylic oxidation sites excluding steroid dienone is 1. The second-order valence-electron chi connectivity index (χ2n) is 7.68. The number of carbonyl (C=O) groups is 1. The van der Waals surface area contributed by atoms with Crippen LogP contribution in [-0.4, -0.2) is 16.9 Å². The van der Waals surface area contributed by atoms with Crippen LogP contribution in [0.25, 0.3) is 0 Å². The maximum absolute atomic E-state index is 12.8. The van der Waals surface area contributed by atoms with Gasteiger partial charge in [0.15, 0.2) is 11.5 Å². The Morgan fingerprint density at radius 3 is 2.03 bits per heavy atom. The third-order valence-corrected chi connectivity index (χ3v) is 6.96. The number of hydrogen-bond acceptors (Lipinski definition) is 4. The van der Waals surface area contributed by atoms with Gasteiger partial charge in [0.05, 0.1) is 0 Å². The summed E-state index contributed by atoms with van der Waals surface area (Å²) < 4.78 is 1.87. The van der Waals surface area contributed by atoms with E-state index in [2.05, 4.69) is 37.2 Å². The van der Waals surface area contributed by atoms with E-state index in [0.29, 0.717) is 21.9 Å². The van der Waals surface area contributed by atoms with Gasteiger partial charge in [-0.25, -0.2) is 0 Å². The molecule has 0 unspecified atom stereocenters. The van der Waals surface area contributed by atoms with Gasteiger partial charge in [-0.15, -0.1) is 0 Å². The Kier molecular flexibility index (Phi) is 6.50. The molecule has 1 aliphatic heterocycles. The Balaban J connectivity index is 1.93. The van der Waals surface area contributed by atoms with E-state index in [1.165, 1.54) is 6.92 Å². The molecule has 7 heteroatoms. The Morgan fingerprint density at radius 2 is 1.50 bits per heavy atom. The molecule has 0 amide bonds. The van der Waals surface area contributed by atoms with E-state index < -0.39 is 11.8 Å². The number of rotatable bonds is 5. The van der Waals surface area contributed by atoms with Gasteiger partial charge in [-0.05, 0) is 74.5 Å². The zero-order valence-corrected chi connectivity index (χ0v) is 21.4. The molecule has 0 bridgehead atoms. The first kappa shape index (κ1) is 23.1. The molecule has 4 rings (SSSR count). The van der Waals surface area contributed by atoms with E-state index in [1.807, 2.05) is 60.4 Å². The number of Topliss-reactive ketones (excluding diaryl/α,β-unsaturated/α-hetero) is 1. The first-order valence-corrected chi connectivity index (χ1v) is 12.0. The molecule has 0 saturated carbocycles. The monoisotopic (exact) mass is 574 g/mol. The van der Waals surface area contributed by atoms with Crippen LogP contribution in [0.1, 0.15) is 19.4 Å². The van der Waals surface area contributed by atoms with Crippen molar-refractivity contribution >= 4 is 60.6 Å². The van der Waals surface area contributed by atoms with E-state index >= 15 is 0 Å². The maximum atomic E-state index is 12.8. The number of nitrogens with one attached hydrogen (secondary N) is 1. The number of aliphatic hydroxyl groups is 1. The summed E-state index contributed by atoms with van der Waals surface area (Å²) in [6.07, 6.45) is 0. The van der Waals surface area contributed by atoms with Crippen molar-refractivity contribution in [3.05, 3.63) is 104 Å². The number of benzene rings is 3. The normalized spacial score (nSPS) is 20.6. The molecule has 0 spiro atoms. The minimum absolute atomic E-state index is 0.107. The number of halogens is 3. The van der Waals surface area contributed by atoms with Crippen molar-refractivity contribution in [2.24, 2.45) is 0 Å². The minimum Gasteiger partial charge on any atom is -0.373 e. The molecule has 2 N–H and O–H groups in total. The fourth-order valence-corrected chi connectivity index (χ4v) is 4.89. The molecule has 0 aromatic heterocycles. The molecular weight excluding hydrogens is 556 g/mol. The molecule has 0 radical (unpaired) electrons. The Bertz CT molecular complexity index is 1180. The van der Waals surface area contributed by atoms with Gasteiger partial charge in [0.2, 0.25) is 0 Å². The van der Waals surface area contributed by atoms with E-state index in [4.69, 9.17) is 11.6 Å². The highest BCUT2D eigenvalue weighted by molar-refractivity contribution is 9.10. The lowest BCUT2D eigenvalue weighted by atomic mass is 9.90. The van der Waals surface area contributed by atoms with E-state index in [-0.39, 0.29) is 5.78 Å². The van der Waals surface area contributed by atoms with Crippen molar-refractivity contribution in [1.29, 1.82) is 0 Å². The minimum atomic E-state index is -1.57. The van der Waals surface area contributed by atoms with Gasteiger partial charge in [0.25, 0.3) is 0 Å². The van der Waals surface area contributed by atoms with E-state index in [1.54, 1.807) is 24.3 Å². The van der Waals surface area contributed by atoms with E-state index in [0.717, 1.165) is 20.3 Å². The van der Waals surface area contributed by atoms with Crippen LogP contribution in [0.4, 0.5) is 11.4 Å². The van der Waals surface area contributed by atoms with Gasteiger partial charge in [0, 0.05) is 42.2 Å².